The number of hydrogen-bond donors (Lipinski definition) is 0. The molecule has 0 aromatic heterocycles. The molecule has 0 radical (unpaired) electrons. The van der Waals surface area contributed by atoms with Crippen LogP contribution in [0.4, 0.5) is 0 Å². The largest absolute Gasteiger partial charge is 0.459 e. The van der Waals surface area contributed by atoms with Crippen molar-refractivity contribution in [2.75, 3.05) is 0 Å². The van der Waals surface area contributed by atoms with Gasteiger partial charge < -0.3 is 4.74 Å². The van der Waals surface area contributed by atoms with E-state index in [2.05, 4.69) is 13.8 Å². The Labute approximate surface area is 92.4 Å². The van der Waals surface area contributed by atoms with E-state index in [0.717, 1.165) is 18.8 Å². The lowest BCUT2D eigenvalue weighted by atomic mass is 9.74. The lowest BCUT2D eigenvalue weighted by Gasteiger charge is -2.41. The van der Waals surface area contributed by atoms with Crippen LogP contribution in [0.25, 0.3) is 0 Å². The van der Waals surface area contributed by atoms with E-state index in [4.69, 9.17) is 4.74 Å². The first-order valence-corrected chi connectivity index (χ1v) is 6.28. The number of esters is 1. The first kappa shape index (κ1) is 11.0. The van der Waals surface area contributed by atoms with Crippen LogP contribution in [0.3, 0.4) is 0 Å². The molecule has 0 amide bonds. The van der Waals surface area contributed by atoms with Gasteiger partial charge in [0.05, 0.1) is 0 Å². The first-order chi connectivity index (χ1) is 7.08. The molecule has 0 N–H and O–H groups in total. The molecule has 0 aromatic carbocycles. The predicted molar refractivity (Wildman–Crippen MR) is 59.4 cm³/mol. The van der Waals surface area contributed by atoms with Crippen molar-refractivity contribution in [3.63, 3.8) is 0 Å². The highest BCUT2D eigenvalue weighted by Crippen LogP contribution is 2.56. The highest BCUT2D eigenvalue weighted by molar-refractivity contribution is 5.66. The summed E-state index contributed by atoms with van der Waals surface area (Å²) in [6.45, 7) is 5.99. The van der Waals surface area contributed by atoms with Gasteiger partial charge in [0.1, 0.15) is 5.60 Å². The van der Waals surface area contributed by atoms with Gasteiger partial charge in [-0.15, -0.1) is 0 Å². The van der Waals surface area contributed by atoms with Crippen LogP contribution < -0.4 is 0 Å². The van der Waals surface area contributed by atoms with Gasteiger partial charge in [-0.25, -0.2) is 0 Å². The Kier molecular flexibility index (Phi) is 2.78. The van der Waals surface area contributed by atoms with Crippen molar-refractivity contribution in [1.29, 1.82) is 0 Å². The zero-order valence-electron chi connectivity index (χ0n) is 10.1. The monoisotopic (exact) mass is 210 g/mol. The second-order valence-electron chi connectivity index (χ2n) is 5.44. The van der Waals surface area contributed by atoms with Gasteiger partial charge in [0.15, 0.2) is 0 Å². The summed E-state index contributed by atoms with van der Waals surface area (Å²) < 4.78 is 5.75. The molecule has 0 aromatic rings. The normalized spacial score (nSPS) is 40.5. The Hall–Kier alpha value is -0.530. The van der Waals surface area contributed by atoms with Crippen LogP contribution >= 0.6 is 0 Å². The topological polar surface area (TPSA) is 26.3 Å². The van der Waals surface area contributed by atoms with Gasteiger partial charge in [-0.3, -0.25) is 4.79 Å². The number of ether oxygens (including phenoxy) is 1. The van der Waals surface area contributed by atoms with Crippen LogP contribution in [0.1, 0.15) is 52.9 Å². The van der Waals surface area contributed by atoms with Gasteiger partial charge in [-0.2, -0.15) is 0 Å². The van der Waals surface area contributed by atoms with Crippen LogP contribution in [-0.4, -0.2) is 11.6 Å². The quantitative estimate of drug-likeness (QED) is 0.669. The zero-order valence-corrected chi connectivity index (χ0v) is 10.1. The highest BCUT2D eigenvalue weighted by Gasteiger charge is 2.55. The molecule has 4 atom stereocenters. The fraction of sp³-hybridized carbons (Fsp3) is 0.923. The van der Waals surface area contributed by atoms with E-state index >= 15 is 0 Å². The van der Waals surface area contributed by atoms with Gasteiger partial charge in [0.2, 0.25) is 0 Å². The van der Waals surface area contributed by atoms with Gasteiger partial charge in [0, 0.05) is 6.92 Å². The summed E-state index contributed by atoms with van der Waals surface area (Å²) in [6, 6.07) is 0. The van der Waals surface area contributed by atoms with Crippen LogP contribution in [0.5, 0.6) is 0 Å². The zero-order chi connectivity index (χ0) is 11.1. The molecule has 0 aliphatic heterocycles. The average molecular weight is 210 g/mol. The van der Waals surface area contributed by atoms with E-state index in [-0.39, 0.29) is 11.6 Å². The summed E-state index contributed by atoms with van der Waals surface area (Å²) in [7, 11) is 0. The van der Waals surface area contributed by atoms with E-state index in [9.17, 15) is 4.79 Å². The van der Waals surface area contributed by atoms with Gasteiger partial charge in [0.25, 0.3) is 0 Å². The minimum atomic E-state index is -0.108. The molecular weight excluding hydrogens is 188 g/mol. The molecule has 2 saturated carbocycles. The molecule has 86 valence electrons. The van der Waals surface area contributed by atoms with E-state index < -0.39 is 0 Å². The van der Waals surface area contributed by atoms with Crippen LogP contribution in [0.2, 0.25) is 0 Å². The Morgan fingerprint density at radius 1 is 1.53 bits per heavy atom. The van der Waals surface area contributed by atoms with Crippen molar-refractivity contribution in [3.05, 3.63) is 0 Å². The molecule has 2 heteroatoms. The number of carbonyl (C=O) groups is 1. The van der Waals surface area contributed by atoms with E-state index in [1.807, 2.05) is 0 Å². The Bertz CT molecular complexity index is 261. The van der Waals surface area contributed by atoms with Crippen molar-refractivity contribution in [3.8, 4) is 0 Å². The van der Waals surface area contributed by atoms with E-state index in [1.54, 1.807) is 6.92 Å². The standard InChI is InChI=1S/C13H22O2/c1-4-9(2)13(15-10(3)14)8-11-5-6-12(13)7-11/h9,11-12H,4-8H2,1-3H3. The van der Waals surface area contributed by atoms with Crippen LogP contribution in [0.15, 0.2) is 0 Å². The molecule has 15 heavy (non-hydrogen) atoms. The second-order valence-corrected chi connectivity index (χ2v) is 5.44. The van der Waals surface area contributed by atoms with E-state index in [1.165, 1.54) is 19.3 Å². The number of carbonyl (C=O) groups excluding carboxylic acids is 1. The molecule has 2 bridgehead atoms. The smallest absolute Gasteiger partial charge is 0.303 e. The van der Waals surface area contributed by atoms with Crippen LogP contribution in [-0.2, 0) is 9.53 Å². The summed E-state index contributed by atoms with van der Waals surface area (Å²) in [6.07, 6.45) is 6.13. The first-order valence-electron chi connectivity index (χ1n) is 6.28. The van der Waals surface area contributed by atoms with Crippen molar-refractivity contribution in [1.82, 2.24) is 0 Å². The van der Waals surface area contributed by atoms with Crippen molar-refractivity contribution in [2.24, 2.45) is 17.8 Å². The molecule has 2 nitrogen and oxygen atoms in total. The summed E-state index contributed by atoms with van der Waals surface area (Å²) >= 11 is 0. The maximum absolute atomic E-state index is 11.3. The number of fused-ring (bicyclic) bond motifs is 2. The fourth-order valence-electron chi connectivity index (χ4n) is 3.76. The third-order valence-corrected chi connectivity index (χ3v) is 4.62. The highest BCUT2D eigenvalue weighted by atomic mass is 16.6. The Morgan fingerprint density at radius 2 is 2.27 bits per heavy atom. The van der Waals surface area contributed by atoms with Crippen molar-refractivity contribution < 1.29 is 9.53 Å². The summed E-state index contributed by atoms with van der Waals surface area (Å²) in [5.41, 5.74) is -0.108. The molecule has 2 fully saturated rings. The minimum absolute atomic E-state index is 0.0946. The summed E-state index contributed by atoms with van der Waals surface area (Å²) in [4.78, 5) is 11.3. The molecule has 2 aliphatic carbocycles. The minimum Gasteiger partial charge on any atom is -0.459 e. The summed E-state index contributed by atoms with van der Waals surface area (Å²) in [5.74, 6) is 1.88. The molecule has 2 aliphatic rings. The molecule has 0 spiro atoms. The molecular formula is C13H22O2. The lowest BCUT2D eigenvalue weighted by Crippen LogP contribution is -2.45. The molecule has 2 rings (SSSR count). The second kappa shape index (κ2) is 3.80. The molecule has 4 unspecified atom stereocenters. The third kappa shape index (κ3) is 1.68. The maximum Gasteiger partial charge on any atom is 0.303 e. The third-order valence-electron chi connectivity index (χ3n) is 4.62. The van der Waals surface area contributed by atoms with Gasteiger partial charge >= 0.3 is 5.97 Å². The average Bonchev–Trinajstić information content (AvgIpc) is 2.75. The van der Waals surface area contributed by atoms with Crippen LogP contribution in [0, 0.1) is 17.8 Å². The SMILES string of the molecule is CCC(C)C1(OC(C)=O)CC2CCC1C2. The van der Waals surface area contributed by atoms with Gasteiger partial charge in [-0.1, -0.05) is 13.8 Å². The molecule has 0 heterocycles. The Morgan fingerprint density at radius 3 is 2.67 bits per heavy atom. The van der Waals surface area contributed by atoms with Crippen molar-refractivity contribution >= 4 is 5.97 Å². The number of rotatable bonds is 3. The summed E-state index contributed by atoms with van der Waals surface area (Å²) in [5, 5.41) is 0. The van der Waals surface area contributed by atoms with Gasteiger partial charge in [-0.05, 0) is 49.9 Å². The fourth-order valence-corrected chi connectivity index (χ4v) is 3.76. The number of hydrogen-bond acceptors (Lipinski definition) is 2. The van der Waals surface area contributed by atoms with Crippen molar-refractivity contribution in [2.45, 2.75) is 58.5 Å². The maximum atomic E-state index is 11.3. The Balaban J connectivity index is 2.20. The van der Waals surface area contributed by atoms with E-state index in [0.29, 0.717) is 11.8 Å². The predicted octanol–water partition coefficient (Wildman–Crippen LogP) is 3.15. The lowest BCUT2D eigenvalue weighted by molar-refractivity contribution is -0.171. The molecule has 0 saturated heterocycles.